The topological polar surface area (TPSA) is 164 Å². The number of phenols is 1. The molecule has 0 saturated carbocycles. The lowest BCUT2D eigenvalue weighted by atomic mass is 9.92. The maximum Gasteiger partial charge on any atom is 0.306 e. The molecule has 0 saturated heterocycles. The van der Waals surface area contributed by atoms with E-state index in [4.69, 9.17) is 51.2 Å². The van der Waals surface area contributed by atoms with E-state index in [0.29, 0.717) is 53.6 Å². The van der Waals surface area contributed by atoms with Crippen LogP contribution in [0.1, 0.15) is 109 Å². The number of nitrogens with zero attached hydrogens (tertiary/aromatic N) is 2. The van der Waals surface area contributed by atoms with Gasteiger partial charge in [-0.15, -0.1) is 0 Å². The number of alkyl halides is 1. The van der Waals surface area contributed by atoms with Crippen molar-refractivity contribution in [2.75, 3.05) is 19.8 Å². The van der Waals surface area contributed by atoms with Crippen molar-refractivity contribution < 1.29 is 47.8 Å². The Bertz CT molecular complexity index is 2860. The van der Waals surface area contributed by atoms with Crippen LogP contribution in [0.15, 0.2) is 167 Å². The highest BCUT2D eigenvalue weighted by Gasteiger charge is 2.22. The Morgan fingerprint density at radius 2 is 1.03 bits per heavy atom. The van der Waals surface area contributed by atoms with E-state index in [2.05, 4.69) is 50.5 Å². The fourth-order valence-electron chi connectivity index (χ4n) is 7.39. The third-order valence-corrected chi connectivity index (χ3v) is 12.0. The van der Waals surface area contributed by atoms with E-state index in [1.54, 1.807) is 43.3 Å². The van der Waals surface area contributed by atoms with Crippen molar-refractivity contribution in [2.24, 2.45) is 0 Å². The van der Waals surface area contributed by atoms with Gasteiger partial charge in [0.15, 0.2) is 0 Å². The largest absolute Gasteiger partial charge is 0.508 e. The number of esters is 1. The van der Waals surface area contributed by atoms with Gasteiger partial charge in [0, 0.05) is 50.5 Å². The van der Waals surface area contributed by atoms with E-state index in [0.717, 1.165) is 55.8 Å². The summed E-state index contributed by atoms with van der Waals surface area (Å²) in [5, 5.41) is 28.6. The number of carboxylic acids is 1. The number of hydrogen-bond donors (Lipinski definition) is 2. The summed E-state index contributed by atoms with van der Waals surface area (Å²) in [5.41, 5.74) is 9.46. The summed E-state index contributed by atoms with van der Waals surface area (Å²) in [5.74, 6) is 0.651. The molecule has 0 amide bonds. The first-order chi connectivity index (χ1) is 34.5. The van der Waals surface area contributed by atoms with E-state index in [1.807, 2.05) is 98.8 Å². The number of rotatable bonds is 19. The number of aromatic hydroxyl groups is 1. The highest BCUT2D eigenvalue weighted by molar-refractivity contribution is 9.08. The molecule has 0 bridgehead atoms. The second kappa shape index (κ2) is 33.0. The van der Waals surface area contributed by atoms with E-state index >= 15 is 0 Å². The number of benzene rings is 6. The van der Waals surface area contributed by atoms with Gasteiger partial charge in [-0.1, -0.05) is 152 Å². The first-order valence-electron chi connectivity index (χ1n) is 22.8. The van der Waals surface area contributed by atoms with Crippen LogP contribution >= 0.6 is 39.1 Å². The average molecular weight is 1130 g/mol. The summed E-state index contributed by atoms with van der Waals surface area (Å²) < 4.78 is 32.0. The Balaban J connectivity index is 0.000000404. The van der Waals surface area contributed by atoms with Gasteiger partial charge in [-0.2, -0.15) is 0 Å². The maximum absolute atomic E-state index is 11.7. The Morgan fingerprint density at radius 3 is 1.44 bits per heavy atom. The summed E-state index contributed by atoms with van der Waals surface area (Å²) in [6, 6.07) is 45.3. The molecule has 0 spiro atoms. The van der Waals surface area contributed by atoms with Gasteiger partial charge < -0.3 is 38.2 Å². The van der Waals surface area contributed by atoms with Crippen molar-refractivity contribution in [2.45, 2.75) is 87.1 Å². The predicted octanol–water partition coefficient (Wildman–Crippen LogP) is 16.9. The molecule has 0 aliphatic rings. The maximum atomic E-state index is 11.7. The molecule has 12 nitrogen and oxygen atoms in total. The number of ether oxygens (including phenoxy) is 4. The number of carbonyl (C=O) groups is 2. The van der Waals surface area contributed by atoms with Gasteiger partial charge in [0.25, 0.3) is 0 Å². The number of aromatic nitrogens is 2. The molecule has 75 heavy (non-hydrogen) atoms. The zero-order chi connectivity index (χ0) is 50.5. The van der Waals surface area contributed by atoms with Gasteiger partial charge in [-0.3, -0.25) is 9.59 Å². The molecular formula is C60H69BrCl2N2O10. The molecule has 0 radical (unpaired) electrons. The minimum Gasteiger partial charge on any atom is -0.508 e. The van der Waals surface area contributed by atoms with Crippen molar-refractivity contribution in [3.63, 3.8) is 0 Å². The number of aliphatic carboxylic acids is 1. The molecule has 6 aromatic carbocycles. The molecule has 2 atom stereocenters. The Kier molecular flexibility index (Phi) is 28.2. The molecule has 2 aromatic heterocycles. The first-order valence-corrected chi connectivity index (χ1v) is 24.6. The summed E-state index contributed by atoms with van der Waals surface area (Å²) in [4.78, 5) is 22.9. The lowest BCUT2D eigenvalue weighted by molar-refractivity contribution is -0.143. The molecule has 2 heterocycles. The lowest BCUT2D eigenvalue weighted by Crippen LogP contribution is -2.11. The molecule has 2 N–H and O–H groups in total. The number of phenolic OH excluding ortho intramolecular Hbond substituents is 1. The first kappa shape index (κ1) is 64.1. The highest BCUT2D eigenvalue weighted by atomic mass is 79.9. The van der Waals surface area contributed by atoms with Crippen molar-refractivity contribution in [1.29, 1.82) is 0 Å². The van der Waals surface area contributed by atoms with E-state index in [9.17, 15) is 19.8 Å². The third kappa shape index (κ3) is 19.3. The second-order valence-electron chi connectivity index (χ2n) is 15.7. The standard InChI is InChI=1S/C27H24ClNO5.C15H14BrClO.C14H15NO4.4CH4/c1-2-32-26-15-21(28)9-12-23(26)19-5-3-18(4-6-19)17-33-22-10-7-20(8-11-22)24(16-27(30)31)25-13-14-34-29-25;1-2-18-15-9-13(17)7-8-14(15)12-5-3-11(10-16)4-6-12;1-2-18-14(17)9-12(13-7-8-19-15-13)10-3-5-11(16)6-4-10;;;;/h3-15,24H,2,16-17H2,1H3,(H,30,31);3-9H,2,10H2,1H3;3-8,12,16H,2,9H2,1H3;4*1H4/t24-;;12-;;;;/m1.1..../s1. The zero-order valence-electron chi connectivity index (χ0n) is 39.3. The minimum atomic E-state index is -0.899. The van der Waals surface area contributed by atoms with Crippen LogP contribution in [0.4, 0.5) is 0 Å². The summed E-state index contributed by atoms with van der Waals surface area (Å²) in [7, 11) is 0. The van der Waals surface area contributed by atoms with Gasteiger partial charge in [0.1, 0.15) is 42.1 Å². The van der Waals surface area contributed by atoms with Crippen LogP contribution < -0.4 is 14.2 Å². The van der Waals surface area contributed by atoms with Crippen LogP contribution in [0, 0.1) is 0 Å². The molecule has 400 valence electrons. The lowest BCUT2D eigenvalue weighted by Gasteiger charge is -2.14. The molecule has 8 rings (SSSR count). The van der Waals surface area contributed by atoms with E-state index < -0.39 is 5.97 Å². The van der Waals surface area contributed by atoms with Gasteiger partial charge in [-0.05, 0) is 115 Å². The molecule has 0 unspecified atom stereocenters. The summed E-state index contributed by atoms with van der Waals surface area (Å²) in [6.45, 7) is 7.63. The van der Waals surface area contributed by atoms with Crippen LogP contribution in [0.25, 0.3) is 22.3 Å². The monoisotopic (exact) mass is 1130 g/mol. The SMILES string of the molecule is C.C.C.C.CCOC(=O)C[C@H](c1ccc(O)cc1)c1ccon1.CCOc1cc(Cl)ccc1-c1ccc(CBr)cc1.CCOc1cc(Cl)ccc1-c1ccc(COc2ccc([C@@H](CC(=O)O)c3ccon3)cc2)cc1. The number of hydrogen-bond acceptors (Lipinski definition) is 11. The number of halogens is 3. The van der Waals surface area contributed by atoms with E-state index in [1.165, 1.54) is 18.1 Å². The smallest absolute Gasteiger partial charge is 0.306 e. The van der Waals surface area contributed by atoms with Crippen molar-refractivity contribution in [3.05, 3.63) is 202 Å². The fourth-order valence-corrected chi connectivity index (χ4v) is 8.09. The van der Waals surface area contributed by atoms with Crippen molar-refractivity contribution in [3.8, 4) is 45.3 Å². The van der Waals surface area contributed by atoms with Crippen molar-refractivity contribution in [1.82, 2.24) is 10.3 Å². The highest BCUT2D eigenvalue weighted by Crippen LogP contribution is 2.35. The fraction of sp³-hybridized carbons (Fsp3) is 0.267. The number of carbonyl (C=O) groups excluding carboxylic acids is 1. The molecular weight excluding hydrogens is 1060 g/mol. The predicted molar refractivity (Wildman–Crippen MR) is 305 cm³/mol. The normalized spacial score (nSPS) is 10.9. The second-order valence-corrected chi connectivity index (χ2v) is 17.1. The number of carboxylic acid groups (broad SMARTS) is 1. The van der Waals surface area contributed by atoms with Gasteiger partial charge in [0.05, 0.1) is 44.1 Å². The summed E-state index contributed by atoms with van der Waals surface area (Å²) >= 11 is 15.6. The molecule has 0 aliphatic carbocycles. The van der Waals surface area contributed by atoms with E-state index in [-0.39, 0.29) is 66.1 Å². The minimum absolute atomic E-state index is 0. The third-order valence-electron chi connectivity index (χ3n) is 10.8. The van der Waals surface area contributed by atoms with Crippen LogP contribution in [-0.4, -0.2) is 52.3 Å². The van der Waals surface area contributed by atoms with Crippen LogP contribution in [0.5, 0.6) is 23.0 Å². The average Bonchev–Trinajstić information content (AvgIpc) is 4.13. The molecule has 8 aromatic rings. The quantitative estimate of drug-likeness (QED) is 0.0583. The molecule has 0 aliphatic heterocycles. The molecule has 15 heteroatoms. The molecule has 0 fully saturated rings. The van der Waals surface area contributed by atoms with Crippen molar-refractivity contribution >= 4 is 51.1 Å². The van der Waals surface area contributed by atoms with Gasteiger partial charge >= 0.3 is 11.9 Å². The summed E-state index contributed by atoms with van der Waals surface area (Å²) in [6.07, 6.45) is 3.02. The van der Waals surface area contributed by atoms with Gasteiger partial charge in [0.2, 0.25) is 0 Å². The Hall–Kier alpha value is -7.06. The Labute approximate surface area is 460 Å². The zero-order valence-corrected chi connectivity index (χ0v) is 42.4. The van der Waals surface area contributed by atoms with Crippen LogP contribution in [0.3, 0.4) is 0 Å². The van der Waals surface area contributed by atoms with Crippen LogP contribution in [0.2, 0.25) is 10.0 Å². The van der Waals surface area contributed by atoms with Gasteiger partial charge in [-0.25, -0.2) is 0 Å². The Morgan fingerprint density at radius 1 is 0.573 bits per heavy atom. The van der Waals surface area contributed by atoms with Crippen LogP contribution in [-0.2, 0) is 26.3 Å².